The van der Waals surface area contributed by atoms with E-state index >= 15 is 0 Å². The fraction of sp³-hybridized carbons (Fsp3) is 0.837. The van der Waals surface area contributed by atoms with Gasteiger partial charge in [0.15, 0.2) is 0 Å². The SMILES string of the molecule is CCCCC/C=C\C/C=C\C/C=C\CCCCC(CC(=O)NC(CO)C(O)CCCCCCCCCCCCCC)OC(=O)CCCCCCCCCCC. The molecule has 0 aliphatic heterocycles. The topological polar surface area (TPSA) is 95.9 Å². The van der Waals surface area contributed by atoms with Crippen LogP contribution in [0.1, 0.15) is 239 Å². The van der Waals surface area contributed by atoms with E-state index in [1.165, 1.54) is 122 Å². The Bertz CT molecular complexity index is 915. The minimum absolute atomic E-state index is 0.0546. The molecule has 0 saturated heterocycles. The first-order valence-corrected chi connectivity index (χ1v) is 23.7. The van der Waals surface area contributed by atoms with Crippen LogP contribution in [-0.2, 0) is 14.3 Å². The van der Waals surface area contributed by atoms with E-state index in [0.717, 1.165) is 70.6 Å². The van der Waals surface area contributed by atoms with E-state index in [4.69, 9.17) is 4.74 Å². The van der Waals surface area contributed by atoms with Crippen molar-refractivity contribution in [2.45, 2.75) is 257 Å². The summed E-state index contributed by atoms with van der Waals surface area (Å²) in [5.74, 6) is -0.509. The highest BCUT2D eigenvalue weighted by molar-refractivity contribution is 5.77. The molecule has 0 radical (unpaired) electrons. The van der Waals surface area contributed by atoms with Crippen molar-refractivity contribution in [1.29, 1.82) is 0 Å². The molecule has 0 rings (SSSR count). The zero-order valence-electron chi connectivity index (χ0n) is 36.6. The van der Waals surface area contributed by atoms with E-state index in [9.17, 15) is 19.8 Å². The number of ether oxygens (including phenoxy) is 1. The van der Waals surface area contributed by atoms with Crippen LogP contribution >= 0.6 is 0 Å². The summed E-state index contributed by atoms with van der Waals surface area (Å²) in [5.41, 5.74) is 0. The number of amides is 1. The lowest BCUT2D eigenvalue weighted by Gasteiger charge is -2.24. The van der Waals surface area contributed by atoms with Gasteiger partial charge in [-0.3, -0.25) is 9.59 Å². The van der Waals surface area contributed by atoms with Gasteiger partial charge in [0.2, 0.25) is 5.91 Å². The van der Waals surface area contributed by atoms with Crippen LogP contribution in [0, 0.1) is 0 Å². The zero-order chi connectivity index (χ0) is 40.3. The second kappa shape index (κ2) is 43.2. The summed E-state index contributed by atoms with van der Waals surface area (Å²) in [4.78, 5) is 26.0. The van der Waals surface area contributed by atoms with Crippen molar-refractivity contribution < 1.29 is 24.5 Å². The Morgan fingerprint density at radius 3 is 1.42 bits per heavy atom. The highest BCUT2D eigenvalue weighted by atomic mass is 16.5. The Morgan fingerprint density at radius 1 is 0.527 bits per heavy atom. The van der Waals surface area contributed by atoms with Gasteiger partial charge in [-0.15, -0.1) is 0 Å². The van der Waals surface area contributed by atoms with Crippen molar-refractivity contribution in [3.63, 3.8) is 0 Å². The van der Waals surface area contributed by atoms with Gasteiger partial charge in [0.25, 0.3) is 0 Å². The molecular formula is C49H91NO5. The zero-order valence-corrected chi connectivity index (χ0v) is 36.6. The number of hydrogen-bond donors (Lipinski definition) is 3. The summed E-state index contributed by atoms with van der Waals surface area (Å²) in [6, 6.07) is -0.709. The van der Waals surface area contributed by atoms with Gasteiger partial charge in [-0.25, -0.2) is 0 Å². The number of nitrogens with one attached hydrogen (secondary N) is 1. The average Bonchev–Trinajstić information content (AvgIpc) is 3.18. The van der Waals surface area contributed by atoms with Gasteiger partial charge in [0.1, 0.15) is 6.10 Å². The molecule has 1 amide bonds. The monoisotopic (exact) mass is 774 g/mol. The molecule has 0 fully saturated rings. The molecule has 3 N–H and O–H groups in total. The van der Waals surface area contributed by atoms with Crippen molar-refractivity contribution in [1.82, 2.24) is 5.32 Å². The third-order valence-electron chi connectivity index (χ3n) is 10.7. The molecule has 3 unspecified atom stereocenters. The van der Waals surface area contributed by atoms with Crippen molar-refractivity contribution in [3.8, 4) is 0 Å². The van der Waals surface area contributed by atoms with Crippen LogP contribution in [-0.4, -0.2) is 46.9 Å². The summed E-state index contributed by atoms with van der Waals surface area (Å²) >= 11 is 0. The van der Waals surface area contributed by atoms with E-state index in [2.05, 4.69) is 62.5 Å². The fourth-order valence-corrected chi connectivity index (χ4v) is 7.08. The molecular weight excluding hydrogens is 683 g/mol. The van der Waals surface area contributed by atoms with E-state index in [0.29, 0.717) is 19.3 Å². The standard InChI is InChI=1S/C49H91NO5/c1-4-7-10-13-16-19-21-23-24-25-26-29-31-34-37-40-45(55-49(54)42-39-36-33-28-18-15-12-9-6-3)43-48(53)50-46(44-51)47(52)41-38-35-32-30-27-22-20-17-14-11-8-5-2/h16,19,23-24,26,29,45-47,51-52H,4-15,17-18,20-22,25,27-28,30-44H2,1-3H3,(H,50,53)/b19-16-,24-23-,29-26-. The first-order valence-electron chi connectivity index (χ1n) is 23.7. The van der Waals surface area contributed by atoms with E-state index in [1.54, 1.807) is 0 Å². The van der Waals surface area contributed by atoms with Crippen LogP contribution in [0.2, 0.25) is 0 Å². The number of aliphatic hydroxyl groups excluding tert-OH is 2. The highest BCUT2D eigenvalue weighted by Crippen LogP contribution is 2.17. The third kappa shape index (κ3) is 38.7. The number of rotatable bonds is 42. The van der Waals surface area contributed by atoms with Crippen molar-refractivity contribution >= 4 is 11.9 Å². The van der Waals surface area contributed by atoms with Gasteiger partial charge in [-0.2, -0.15) is 0 Å². The lowest BCUT2D eigenvalue weighted by molar-refractivity contribution is -0.151. The summed E-state index contributed by atoms with van der Waals surface area (Å²) < 4.78 is 5.88. The minimum atomic E-state index is -0.793. The first-order chi connectivity index (χ1) is 27.0. The predicted octanol–water partition coefficient (Wildman–Crippen LogP) is 13.7. The van der Waals surface area contributed by atoms with Crippen LogP contribution in [0.15, 0.2) is 36.5 Å². The molecule has 3 atom stereocenters. The van der Waals surface area contributed by atoms with Gasteiger partial charge in [0.05, 0.1) is 25.2 Å². The highest BCUT2D eigenvalue weighted by Gasteiger charge is 2.24. The van der Waals surface area contributed by atoms with Crippen LogP contribution in [0.5, 0.6) is 0 Å². The number of unbranched alkanes of at least 4 members (excludes halogenated alkanes) is 24. The number of esters is 1. The van der Waals surface area contributed by atoms with E-state index < -0.39 is 18.2 Å². The van der Waals surface area contributed by atoms with Crippen molar-refractivity contribution in [2.75, 3.05) is 6.61 Å². The smallest absolute Gasteiger partial charge is 0.306 e. The maximum atomic E-state index is 13.1. The normalized spacial score (nSPS) is 13.6. The molecule has 6 heteroatoms. The fourth-order valence-electron chi connectivity index (χ4n) is 7.08. The summed E-state index contributed by atoms with van der Waals surface area (Å²) in [5, 5.41) is 23.6. The van der Waals surface area contributed by atoms with Gasteiger partial charge < -0.3 is 20.3 Å². The molecule has 6 nitrogen and oxygen atoms in total. The Hall–Kier alpha value is -1.92. The lowest BCUT2D eigenvalue weighted by Crippen LogP contribution is -2.46. The molecule has 0 aliphatic carbocycles. The van der Waals surface area contributed by atoms with Crippen LogP contribution in [0.4, 0.5) is 0 Å². The molecule has 0 heterocycles. The first kappa shape index (κ1) is 53.1. The van der Waals surface area contributed by atoms with Gasteiger partial charge >= 0.3 is 5.97 Å². The quantitative estimate of drug-likeness (QED) is 0.0326. The molecule has 322 valence electrons. The van der Waals surface area contributed by atoms with E-state index in [1.807, 2.05) is 0 Å². The van der Waals surface area contributed by atoms with Gasteiger partial charge in [-0.1, -0.05) is 198 Å². The average molecular weight is 774 g/mol. The molecule has 0 aromatic rings. The van der Waals surface area contributed by atoms with E-state index in [-0.39, 0.29) is 24.9 Å². The molecule has 0 aromatic carbocycles. The Balaban J connectivity index is 4.64. The second-order valence-electron chi connectivity index (χ2n) is 16.2. The molecule has 0 spiro atoms. The summed E-state index contributed by atoms with van der Waals surface area (Å²) in [6.45, 7) is 6.42. The Morgan fingerprint density at radius 2 is 0.927 bits per heavy atom. The van der Waals surface area contributed by atoms with Crippen LogP contribution < -0.4 is 5.32 Å². The molecule has 0 aliphatic rings. The molecule has 0 bridgehead atoms. The second-order valence-corrected chi connectivity index (χ2v) is 16.2. The third-order valence-corrected chi connectivity index (χ3v) is 10.7. The summed E-state index contributed by atoms with van der Waals surface area (Å²) in [6.07, 6.45) is 49.2. The largest absolute Gasteiger partial charge is 0.462 e. The Labute approximate surface area is 341 Å². The van der Waals surface area contributed by atoms with Crippen LogP contribution in [0.3, 0.4) is 0 Å². The Kier molecular flexibility index (Phi) is 41.7. The minimum Gasteiger partial charge on any atom is -0.462 e. The number of hydrogen-bond acceptors (Lipinski definition) is 5. The number of allylic oxidation sites excluding steroid dienone is 6. The lowest BCUT2D eigenvalue weighted by atomic mass is 10.0. The maximum absolute atomic E-state index is 13.1. The van der Waals surface area contributed by atoms with Crippen molar-refractivity contribution in [3.05, 3.63) is 36.5 Å². The van der Waals surface area contributed by atoms with Crippen molar-refractivity contribution in [2.24, 2.45) is 0 Å². The van der Waals surface area contributed by atoms with Gasteiger partial charge in [0, 0.05) is 6.42 Å². The van der Waals surface area contributed by atoms with Gasteiger partial charge in [-0.05, 0) is 64.2 Å². The maximum Gasteiger partial charge on any atom is 0.306 e. The number of carbonyl (C=O) groups excluding carboxylic acids is 2. The predicted molar refractivity (Wildman–Crippen MR) is 236 cm³/mol. The molecule has 0 saturated carbocycles. The molecule has 0 aromatic heterocycles. The number of carbonyl (C=O) groups is 2. The molecule has 55 heavy (non-hydrogen) atoms. The summed E-state index contributed by atoms with van der Waals surface area (Å²) in [7, 11) is 0. The number of aliphatic hydroxyl groups is 2. The van der Waals surface area contributed by atoms with Crippen LogP contribution in [0.25, 0.3) is 0 Å².